The number of rotatable bonds is 4. The second kappa shape index (κ2) is 11.2. The zero-order chi connectivity index (χ0) is 20.6. The number of benzene rings is 2. The number of hydrogen-bond acceptors (Lipinski definition) is 4. The van der Waals surface area contributed by atoms with Crippen LogP contribution in [0, 0.1) is 0 Å². The van der Waals surface area contributed by atoms with E-state index in [4.69, 9.17) is 67.5 Å². The molecule has 0 aliphatic heterocycles. The second-order valence-electron chi connectivity index (χ2n) is 4.48. The van der Waals surface area contributed by atoms with Gasteiger partial charge in [-0.3, -0.25) is 0 Å². The summed E-state index contributed by atoms with van der Waals surface area (Å²) in [6, 6.07) is 7.74. The third-order valence-corrected chi connectivity index (χ3v) is 4.75. The van der Waals surface area contributed by atoms with Gasteiger partial charge in [-0.1, -0.05) is 77.2 Å². The molecule has 0 amide bonds. The van der Waals surface area contributed by atoms with Crippen LogP contribution in [0.1, 0.15) is 0 Å². The van der Waals surface area contributed by atoms with Gasteiger partial charge in [0.25, 0.3) is 0 Å². The summed E-state index contributed by atoms with van der Waals surface area (Å²) >= 11 is 28.6. The van der Waals surface area contributed by atoms with Crippen LogP contribution in [-0.2, 0) is 9.59 Å². The van der Waals surface area contributed by atoms with Crippen LogP contribution >= 0.6 is 58.0 Å². The zero-order valence-corrected chi connectivity index (χ0v) is 17.3. The van der Waals surface area contributed by atoms with Gasteiger partial charge in [0, 0.05) is 12.2 Å². The highest BCUT2D eigenvalue weighted by molar-refractivity contribution is 6.48. The molecule has 0 unspecified atom stereocenters. The number of carbonyl (C=O) groups is 2. The number of esters is 2. The highest BCUT2D eigenvalue weighted by Crippen LogP contribution is 2.37. The summed E-state index contributed by atoms with van der Waals surface area (Å²) < 4.78 is 9.60. The van der Waals surface area contributed by atoms with Crippen molar-refractivity contribution in [3.05, 3.63) is 80.8 Å². The third kappa shape index (κ3) is 7.09. The maximum atomic E-state index is 10.9. The molecule has 4 nitrogen and oxygen atoms in total. The first-order valence-electron chi connectivity index (χ1n) is 6.97. The minimum absolute atomic E-state index is 0.106. The summed E-state index contributed by atoms with van der Waals surface area (Å²) in [5.74, 6) is -0.778. The molecule has 0 aliphatic carbocycles. The SMILES string of the molecule is C=CC(=O)Oc1ccc(Cl)c(Cl)c1Cl.C=CC(=O)Oc1cccc(Cl)c1Cl. The first-order valence-corrected chi connectivity index (χ1v) is 8.86. The van der Waals surface area contributed by atoms with Crippen molar-refractivity contribution >= 4 is 69.9 Å². The molecule has 0 spiro atoms. The van der Waals surface area contributed by atoms with Crippen LogP contribution in [0.25, 0.3) is 0 Å². The first-order chi connectivity index (χ1) is 12.7. The molecule has 27 heavy (non-hydrogen) atoms. The number of carbonyl (C=O) groups excluding carboxylic acids is 2. The topological polar surface area (TPSA) is 52.6 Å². The molecule has 0 atom stereocenters. The average Bonchev–Trinajstić information content (AvgIpc) is 2.66. The van der Waals surface area contributed by atoms with Crippen molar-refractivity contribution in [1.82, 2.24) is 0 Å². The maximum Gasteiger partial charge on any atom is 0.335 e. The van der Waals surface area contributed by atoms with Crippen LogP contribution < -0.4 is 9.47 Å². The highest BCUT2D eigenvalue weighted by atomic mass is 35.5. The standard InChI is InChI=1S/C9H5Cl3O2.C9H6Cl2O2/c1-2-7(13)14-6-4-3-5(10)8(11)9(6)12;1-2-8(12)13-7-5-3-4-6(10)9(7)11/h2-4H,1H2;2-5H,1H2. The maximum absolute atomic E-state index is 10.9. The van der Waals surface area contributed by atoms with E-state index in [1.807, 2.05) is 0 Å². The van der Waals surface area contributed by atoms with Crippen LogP contribution in [-0.4, -0.2) is 11.9 Å². The Morgan fingerprint density at radius 3 is 1.70 bits per heavy atom. The fraction of sp³-hybridized carbons (Fsp3) is 0. The fourth-order valence-electron chi connectivity index (χ4n) is 1.45. The van der Waals surface area contributed by atoms with Crippen molar-refractivity contribution in [2.75, 3.05) is 0 Å². The molecule has 0 aromatic heterocycles. The van der Waals surface area contributed by atoms with Gasteiger partial charge in [0.1, 0.15) is 10.0 Å². The summed E-state index contributed by atoms with van der Waals surface area (Å²) in [7, 11) is 0. The summed E-state index contributed by atoms with van der Waals surface area (Å²) in [6.07, 6.45) is 2.08. The van der Waals surface area contributed by atoms with Gasteiger partial charge in [-0.05, 0) is 24.3 Å². The molecule has 2 rings (SSSR count). The second-order valence-corrected chi connectivity index (χ2v) is 6.42. The van der Waals surface area contributed by atoms with E-state index in [-0.39, 0.29) is 26.6 Å². The summed E-state index contributed by atoms with van der Waals surface area (Å²) in [5.41, 5.74) is 0. The van der Waals surface area contributed by atoms with E-state index in [0.717, 1.165) is 12.2 Å². The van der Waals surface area contributed by atoms with Gasteiger partial charge in [0.15, 0.2) is 11.5 Å². The van der Waals surface area contributed by atoms with Gasteiger partial charge in [-0.15, -0.1) is 0 Å². The molecule has 2 aromatic carbocycles. The van der Waals surface area contributed by atoms with E-state index < -0.39 is 11.9 Å². The fourth-order valence-corrected chi connectivity index (χ4v) is 2.35. The van der Waals surface area contributed by atoms with Crippen molar-refractivity contribution in [1.29, 1.82) is 0 Å². The van der Waals surface area contributed by atoms with Crippen LogP contribution in [0.5, 0.6) is 11.5 Å². The lowest BCUT2D eigenvalue weighted by molar-refractivity contribution is -0.129. The lowest BCUT2D eigenvalue weighted by Gasteiger charge is -2.05. The molecule has 2 aromatic rings. The number of hydrogen-bond donors (Lipinski definition) is 0. The Kier molecular flexibility index (Phi) is 9.70. The van der Waals surface area contributed by atoms with Crippen molar-refractivity contribution in [2.45, 2.75) is 0 Å². The molecule has 0 saturated heterocycles. The normalized spacial score (nSPS) is 9.52. The smallest absolute Gasteiger partial charge is 0.335 e. The van der Waals surface area contributed by atoms with E-state index >= 15 is 0 Å². The predicted molar refractivity (Wildman–Crippen MR) is 110 cm³/mol. The van der Waals surface area contributed by atoms with Gasteiger partial charge in [-0.25, -0.2) is 9.59 Å². The quantitative estimate of drug-likeness (QED) is 0.214. The number of ether oxygens (including phenoxy) is 2. The molecular weight excluding hydrogens is 457 g/mol. The Morgan fingerprint density at radius 1 is 0.704 bits per heavy atom. The Morgan fingerprint density at radius 2 is 1.19 bits per heavy atom. The Hall–Kier alpha value is -1.69. The summed E-state index contributed by atoms with van der Waals surface area (Å²) in [4.78, 5) is 21.7. The predicted octanol–water partition coefficient (Wildman–Crippen LogP) is 6.82. The summed E-state index contributed by atoms with van der Waals surface area (Å²) in [6.45, 7) is 6.51. The van der Waals surface area contributed by atoms with Crippen LogP contribution in [0.2, 0.25) is 25.1 Å². The van der Waals surface area contributed by atoms with E-state index in [1.165, 1.54) is 12.1 Å². The van der Waals surface area contributed by atoms with Gasteiger partial charge in [0.05, 0.1) is 15.1 Å². The molecular formula is C18H11Cl5O4. The van der Waals surface area contributed by atoms with Crippen LogP contribution in [0.4, 0.5) is 0 Å². The molecule has 9 heteroatoms. The minimum atomic E-state index is -0.606. The van der Waals surface area contributed by atoms with Gasteiger partial charge >= 0.3 is 11.9 Å². The molecule has 0 radical (unpaired) electrons. The van der Waals surface area contributed by atoms with Crippen LogP contribution in [0.3, 0.4) is 0 Å². The Labute approximate surface area is 180 Å². The van der Waals surface area contributed by atoms with Gasteiger partial charge in [-0.2, -0.15) is 0 Å². The zero-order valence-electron chi connectivity index (χ0n) is 13.5. The molecule has 0 aliphatic rings. The van der Waals surface area contributed by atoms with Crippen LogP contribution in [0.15, 0.2) is 55.6 Å². The Balaban J connectivity index is 0.000000271. The molecule has 0 heterocycles. The van der Waals surface area contributed by atoms with Crippen molar-refractivity contribution in [3.8, 4) is 11.5 Å². The lowest BCUT2D eigenvalue weighted by Crippen LogP contribution is -2.03. The van der Waals surface area contributed by atoms with Crippen molar-refractivity contribution < 1.29 is 19.1 Å². The van der Waals surface area contributed by atoms with Crippen molar-refractivity contribution in [3.63, 3.8) is 0 Å². The van der Waals surface area contributed by atoms with E-state index in [2.05, 4.69) is 13.2 Å². The lowest BCUT2D eigenvalue weighted by atomic mass is 10.3. The molecule has 142 valence electrons. The van der Waals surface area contributed by atoms with E-state index in [1.54, 1.807) is 18.2 Å². The highest BCUT2D eigenvalue weighted by Gasteiger charge is 2.11. The molecule has 0 bridgehead atoms. The van der Waals surface area contributed by atoms with E-state index in [9.17, 15) is 9.59 Å². The van der Waals surface area contributed by atoms with Crippen molar-refractivity contribution in [2.24, 2.45) is 0 Å². The molecule has 0 saturated carbocycles. The van der Waals surface area contributed by atoms with Gasteiger partial charge < -0.3 is 9.47 Å². The monoisotopic (exact) mass is 466 g/mol. The average molecular weight is 469 g/mol. The third-order valence-electron chi connectivity index (χ3n) is 2.67. The molecule has 0 N–H and O–H groups in total. The molecule has 0 fully saturated rings. The first kappa shape index (κ1) is 23.3. The van der Waals surface area contributed by atoms with E-state index in [0.29, 0.717) is 10.0 Å². The minimum Gasteiger partial charge on any atom is -0.422 e. The largest absolute Gasteiger partial charge is 0.422 e. The summed E-state index contributed by atoms with van der Waals surface area (Å²) in [5, 5.41) is 1.13. The van der Waals surface area contributed by atoms with Gasteiger partial charge in [0.2, 0.25) is 0 Å². The Bertz CT molecular complexity index is 880. The number of halogens is 5.